The average Bonchev–Trinajstić information content (AvgIpc) is 2.98. The minimum atomic E-state index is -3.37. The van der Waals surface area contributed by atoms with E-state index in [1.54, 1.807) is 23.5 Å². The third-order valence-corrected chi connectivity index (χ3v) is 4.71. The summed E-state index contributed by atoms with van der Waals surface area (Å²) in [5, 5.41) is 11.0. The zero-order valence-corrected chi connectivity index (χ0v) is 14.0. The number of sulfone groups is 1. The predicted molar refractivity (Wildman–Crippen MR) is 88.4 cm³/mol. The Kier molecular flexibility index (Phi) is 4.06. The molecule has 124 valence electrons. The van der Waals surface area contributed by atoms with Gasteiger partial charge in [0.05, 0.1) is 10.9 Å². The minimum Gasteiger partial charge on any atom is -0.342 e. The second-order valence-electron chi connectivity index (χ2n) is 5.48. The van der Waals surface area contributed by atoms with Crippen molar-refractivity contribution in [1.29, 1.82) is 0 Å². The number of carbonyl (C=O) groups excluding carboxylic acids is 1. The molecule has 0 aliphatic rings. The van der Waals surface area contributed by atoms with Gasteiger partial charge in [-0.15, -0.1) is 10.2 Å². The van der Waals surface area contributed by atoms with Crippen LogP contribution < -0.4 is 5.32 Å². The van der Waals surface area contributed by atoms with Crippen molar-refractivity contribution >= 4 is 21.4 Å². The first-order valence-electron chi connectivity index (χ1n) is 7.27. The number of rotatable bonds is 4. The van der Waals surface area contributed by atoms with E-state index in [9.17, 15) is 13.2 Å². The summed E-state index contributed by atoms with van der Waals surface area (Å²) in [7, 11) is -3.37. The maximum absolute atomic E-state index is 12.4. The molecule has 0 saturated heterocycles. The summed E-state index contributed by atoms with van der Waals surface area (Å²) in [6, 6.07) is 11.1. The van der Waals surface area contributed by atoms with Crippen LogP contribution in [0.15, 0.2) is 53.6 Å². The second kappa shape index (κ2) is 6.04. The molecule has 24 heavy (non-hydrogen) atoms. The molecule has 0 radical (unpaired) electrons. The molecule has 1 amide bonds. The molecule has 3 aromatic rings. The monoisotopic (exact) mass is 344 g/mol. The lowest BCUT2D eigenvalue weighted by molar-refractivity contribution is 0.0938. The number of nitrogens with zero attached hydrogens (tertiary/aromatic N) is 3. The molecule has 2 aromatic heterocycles. The lowest BCUT2D eigenvalue weighted by Gasteiger charge is -2.12. The second-order valence-corrected chi connectivity index (χ2v) is 7.50. The first kappa shape index (κ1) is 16.1. The molecule has 0 aliphatic carbocycles. The van der Waals surface area contributed by atoms with Crippen molar-refractivity contribution in [3.8, 4) is 0 Å². The first-order valence-corrected chi connectivity index (χ1v) is 9.16. The molecule has 8 heteroatoms. The molecule has 2 heterocycles. The van der Waals surface area contributed by atoms with Crippen molar-refractivity contribution < 1.29 is 13.2 Å². The molecular weight excluding hydrogens is 328 g/mol. The van der Waals surface area contributed by atoms with E-state index in [2.05, 4.69) is 15.5 Å². The molecule has 3 rings (SSSR count). The van der Waals surface area contributed by atoms with Crippen LogP contribution in [0.4, 0.5) is 0 Å². The van der Waals surface area contributed by atoms with Crippen molar-refractivity contribution in [3.63, 3.8) is 0 Å². The number of carbonyl (C=O) groups is 1. The molecule has 0 saturated carbocycles. The summed E-state index contributed by atoms with van der Waals surface area (Å²) >= 11 is 0. The summed E-state index contributed by atoms with van der Waals surface area (Å²) in [6.45, 7) is 1.79. The fraction of sp³-hybridized carbons (Fsp3) is 0.188. The summed E-state index contributed by atoms with van der Waals surface area (Å²) < 4.78 is 25.0. The number of nitrogens with one attached hydrogen (secondary N) is 1. The topological polar surface area (TPSA) is 93.4 Å². The highest BCUT2D eigenvalue weighted by molar-refractivity contribution is 7.90. The quantitative estimate of drug-likeness (QED) is 0.776. The maximum Gasteiger partial charge on any atom is 0.251 e. The number of hydrogen-bond donors (Lipinski definition) is 1. The average molecular weight is 344 g/mol. The van der Waals surface area contributed by atoms with Gasteiger partial charge < -0.3 is 5.32 Å². The Bertz CT molecular complexity index is 1010. The standard InChI is InChI=1S/C16H16N4O3S/c1-11(15-19-18-14-8-3-4-9-20(14)15)17-16(21)12-6-5-7-13(10-12)24(2,22)23/h3-11H,1-2H3,(H,17,21)/t11-/m1/s1. The molecule has 0 aliphatic heterocycles. The van der Waals surface area contributed by atoms with E-state index in [4.69, 9.17) is 0 Å². The van der Waals surface area contributed by atoms with E-state index in [0.29, 0.717) is 11.5 Å². The number of pyridine rings is 1. The highest BCUT2D eigenvalue weighted by Crippen LogP contribution is 2.15. The van der Waals surface area contributed by atoms with Gasteiger partial charge in [0.15, 0.2) is 21.3 Å². The van der Waals surface area contributed by atoms with Crippen LogP contribution in [-0.2, 0) is 9.84 Å². The normalized spacial score (nSPS) is 12.9. The molecule has 0 bridgehead atoms. The van der Waals surface area contributed by atoms with Crippen LogP contribution in [0.3, 0.4) is 0 Å². The Hall–Kier alpha value is -2.74. The van der Waals surface area contributed by atoms with Crippen molar-refractivity contribution in [2.24, 2.45) is 0 Å². The molecular formula is C16H16N4O3S. The van der Waals surface area contributed by atoms with Gasteiger partial charge in [0.25, 0.3) is 5.91 Å². The van der Waals surface area contributed by atoms with Crippen LogP contribution in [0.25, 0.3) is 5.65 Å². The number of hydrogen-bond acceptors (Lipinski definition) is 5. The molecule has 1 atom stereocenters. The summed E-state index contributed by atoms with van der Waals surface area (Å²) in [5.74, 6) is 0.221. The number of fused-ring (bicyclic) bond motifs is 1. The van der Waals surface area contributed by atoms with E-state index in [-0.39, 0.29) is 16.4 Å². The summed E-state index contributed by atoms with van der Waals surface area (Å²) in [6.07, 6.45) is 2.92. The molecule has 1 N–H and O–H groups in total. The molecule has 1 aromatic carbocycles. The van der Waals surface area contributed by atoms with Gasteiger partial charge in [0.2, 0.25) is 0 Å². The SMILES string of the molecule is C[C@@H](NC(=O)c1cccc(S(C)(=O)=O)c1)c1nnc2ccccn12. The van der Waals surface area contributed by atoms with Crippen molar-refractivity contribution in [1.82, 2.24) is 19.9 Å². The number of aromatic nitrogens is 3. The van der Waals surface area contributed by atoms with Gasteiger partial charge in [-0.1, -0.05) is 12.1 Å². The number of amides is 1. The van der Waals surface area contributed by atoms with E-state index in [1.807, 2.05) is 24.4 Å². The Morgan fingerprint density at radius 3 is 2.71 bits per heavy atom. The van der Waals surface area contributed by atoms with Gasteiger partial charge in [-0.3, -0.25) is 9.20 Å². The third-order valence-electron chi connectivity index (χ3n) is 3.60. The van der Waals surface area contributed by atoms with Crippen LogP contribution in [0.2, 0.25) is 0 Å². The van der Waals surface area contributed by atoms with Gasteiger partial charge in [0, 0.05) is 18.0 Å². The van der Waals surface area contributed by atoms with Crippen molar-refractivity contribution in [3.05, 3.63) is 60.0 Å². The first-order chi connectivity index (χ1) is 11.4. The molecule has 0 fully saturated rings. The van der Waals surface area contributed by atoms with Gasteiger partial charge in [-0.2, -0.15) is 0 Å². The maximum atomic E-state index is 12.4. The van der Waals surface area contributed by atoms with Gasteiger partial charge in [0.1, 0.15) is 0 Å². The smallest absolute Gasteiger partial charge is 0.251 e. The molecule has 0 spiro atoms. The number of benzene rings is 1. The zero-order chi connectivity index (χ0) is 17.3. The van der Waals surface area contributed by atoms with E-state index < -0.39 is 15.9 Å². The van der Waals surface area contributed by atoms with Crippen molar-refractivity contribution in [2.75, 3.05) is 6.26 Å². The van der Waals surface area contributed by atoms with E-state index in [1.165, 1.54) is 12.1 Å². The minimum absolute atomic E-state index is 0.107. The highest BCUT2D eigenvalue weighted by atomic mass is 32.2. The Morgan fingerprint density at radius 2 is 1.96 bits per heavy atom. The van der Waals surface area contributed by atoms with Crippen LogP contribution in [-0.4, -0.2) is 35.2 Å². The Labute approximate surface area is 139 Å². The summed E-state index contributed by atoms with van der Waals surface area (Å²) in [4.78, 5) is 12.5. The fourth-order valence-electron chi connectivity index (χ4n) is 2.37. The van der Waals surface area contributed by atoms with Crippen LogP contribution in [0.1, 0.15) is 29.1 Å². The predicted octanol–water partition coefficient (Wildman–Crippen LogP) is 1.62. The third kappa shape index (κ3) is 3.13. The Morgan fingerprint density at radius 1 is 1.17 bits per heavy atom. The largest absolute Gasteiger partial charge is 0.342 e. The highest BCUT2D eigenvalue weighted by Gasteiger charge is 2.17. The van der Waals surface area contributed by atoms with Gasteiger partial charge in [-0.05, 0) is 37.3 Å². The van der Waals surface area contributed by atoms with Crippen LogP contribution in [0, 0.1) is 0 Å². The van der Waals surface area contributed by atoms with Gasteiger partial charge >= 0.3 is 0 Å². The summed E-state index contributed by atoms with van der Waals surface area (Å²) in [5.41, 5.74) is 0.964. The molecule has 7 nitrogen and oxygen atoms in total. The lowest BCUT2D eigenvalue weighted by Crippen LogP contribution is -2.28. The van der Waals surface area contributed by atoms with Gasteiger partial charge in [-0.25, -0.2) is 8.42 Å². The zero-order valence-electron chi connectivity index (χ0n) is 13.2. The van der Waals surface area contributed by atoms with E-state index >= 15 is 0 Å². The molecule has 0 unspecified atom stereocenters. The fourth-order valence-corrected chi connectivity index (χ4v) is 3.03. The Balaban J connectivity index is 1.84. The lowest BCUT2D eigenvalue weighted by atomic mass is 10.2. The van der Waals surface area contributed by atoms with E-state index in [0.717, 1.165) is 6.26 Å². The van der Waals surface area contributed by atoms with Crippen molar-refractivity contribution in [2.45, 2.75) is 17.9 Å². The van der Waals surface area contributed by atoms with Crippen LogP contribution in [0.5, 0.6) is 0 Å². The van der Waals surface area contributed by atoms with Crippen LogP contribution >= 0.6 is 0 Å².